The molecule has 0 spiro atoms. The molecule has 0 saturated carbocycles. The predicted octanol–water partition coefficient (Wildman–Crippen LogP) is 3.82. The third-order valence-corrected chi connectivity index (χ3v) is 4.23. The highest BCUT2D eigenvalue weighted by atomic mass is 35.5. The van der Waals surface area contributed by atoms with Crippen LogP contribution in [0.25, 0.3) is 0 Å². The average molecular weight is 460 g/mol. The molecule has 1 heterocycles. The molecule has 160 valence electrons. The van der Waals surface area contributed by atoms with Gasteiger partial charge in [0.15, 0.2) is 6.61 Å². The highest BCUT2D eigenvalue weighted by Crippen LogP contribution is 2.26. The molecular formula is C19H17Cl2F2N3O4. The van der Waals surface area contributed by atoms with Gasteiger partial charge in [0.2, 0.25) is 0 Å². The molecular weight excluding hydrogens is 443 g/mol. The van der Waals surface area contributed by atoms with E-state index in [1.807, 2.05) is 0 Å². The van der Waals surface area contributed by atoms with Crippen molar-refractivity contribution in [1.82, 2.24) is 15.6 Å². The van der Waals surface area contributed by atoms with Gasteiger partial charge >= 0.3 is 6.61 Å². The Kier molecular flexibility index (Phi) is 8.82. The Morgan fingerprint density at radius 1 is 1.13 bits per heavy atom. The van der Waals surface area contributed by atoms with E-state index < -0.39 is 18.4 Å². The third-order valence-electron chi connectivity index (χ3n) is 3.49. The monoisotopic (exact) mass is 459 g/mol. The number of hydrogen-bond donors (Lipinski definition) is 2. The fraction of sp³-hybridized carbons (Fsp3) is 0.211. The average Bonchev–Trinajstić information content (AvgIpc) is 2.68. The number of benzene rings is 1. The van der Waals surface area contributed by atoms with Crippen LogP contribution in [-0.4, -0.2) is 36.6 Å². The molecule has 11 heteroatoms. The molecule has 0 aliphatic rings. The van der Waals surface area contributed by atoms with Gasteiger partial charge in [-0.05, 0) is 18.2 Å². The molecule has 30 heavy (non-hydrogen) atoms. The Morgan fingerprint density at radius 3 is 2.60 bits per heavy atom. The van der Waals surface area contributed by atoms with Crippen molar-refractivity contribution in [2.75, 3.05) is 13.2 Å². The smallest absolute Gasteiger partial charge is 0.387 e. The van der Waals surface area contributed by atoms with Crippen LogP contribution in [0.2, 0.25) is 10.0 Å². The van der Waals surface area contributed by atoms with Crippen molar-refractivity contribution in [2.24, 2.45) is 0 Å². The number of aromatic nitrogens is 1. The van der Waals surface area contributed by atoms with Gasteiger partial charge in [-0.2, -0.15) is 8.78 Å². The molecule has 0 aliphatic heterocycles. The van der Waals surface area contributed by atoms with E-state index in [9.17, 15) is 18.4 Å². The van der Waals surface area contributed by atoms with Gasteiger partial charge in [0.05, 0.1) is 10.0 Å². The quantitative estimate of drug-likeness (QED) is 0.563. The van der Waals surface area contributed by atoms with Crippen molar-refractivity contribution in [3.8, 4) is 11.5 Å². The van der Waals surface area contributed by atoms with E-state index in [-0.39, 0.29) is 31.0 Å². The first-order valence-corrected chi connectivity index (χ1v) is 9.24. The summed E-state index contributed by atoms with van der Waals surface area (Å²) in [6.07, 6.45) is 1.40. The Morgan fingerprint density at radius 2 is 1.90 bits per heavy atom. The molecule has 1 aromatic carbocycles. The van der Waals surface area contributed by atoms with Gasteiger partial charge in [0, 0.05) is 37.0 Å². The minimum absolute atomic E-state index is 0.117. The minimum Gasteiger partial charge on any atom is -0.484 e. The number of alkyl halides is 2. The van der Waals surface area contributed by atoms with Gasteiger partial charge in [-0.15, -0.1) is 0 Å². The van der Waals surface area contributed by atoms with Crippen molar-refractivity contribution in [1.29, 1.82) is 0 Å². The van der Waals surface area contributed by atoms with E-state index >= 15 is 0 Å². The Labute approximate surface area is 181 Å². The lowest BCUT2D eigenvalue weighted by Crippen LogP contribution is -2.31. The second kappa shape index (κ2) is 11.3. The van der Waals surface area contributed by atoms with Crippen molar-refractivity contribution in [3.05, 3.63) is 64.5 Å². The lowest BCUT2D eigenvalue weighted by molar-refractivity contribution is -0.123. The van der Waals surface area contributed by atoms with Crippen LogP contribution in [0.3, 0.4) is 0 Å². The number of amides is 2. The number of hydrogen-bond acceptors (Lipinski definition) is 5. The zero-order valence-electron chi connectivity index (χ0n) is 15.5. The van der Waals surface area contributed by atoms with Crippen LogP contribution in [0, 0.1) is 0 Å². The maximum atomic E-state index is 12.2. The summed E-state index contributed by atoms with van der Waals surface area (Å²) in [6.45, 7) is 0.614. The molecule has 2 aromatic rings. The first-order valence-electron chi connectivity index (χ1n) is 8.49. The van der Waals surface area contributed by atoms with Gasteiger partial charge in [-0.25, -0.2) is 0 Å². The van der Waals surface area contributed by atoms with Crippen LogP contribution >= 0.6 is 23.2 Å². The Hall–Kier alpha value is -2.91. The van der Waals surface area contributed by atoms with Gasteiger partial charge in [-0.3, -0.25) is 14.6 Å². The van der Waals surface area contributed by atoms with Crippen LogP contribution in [0.4, 0.5) is 8.78 Å². The van der Waals surface area contributed by atoms with Gasteiger partial charge in [0.1, 0.15) is 17.2 Å². The normalized spacial score (nSPS) is 10.4. The molecule has 2 N–H and O–H groups in total. The fourth-order valence-electron chi connectivity index (χ4n) is 2.12. The largest absolute Gasteiger partial charge is 0.484 e. The van der Waals surface area contributed by atoms with Crippen molar-refractivity contribution in [2.45, 2.75) is 13.0 Å². The number of carbonyl (C=O) groups is 2. The zero-order chi connectivity index (χ0) is 22.1. The summed E-state index contributed by atoms with van der Waals surface area (Å²) in [4.78, 5) is 27.7. The second-order valence-corrected chi connectivity index (χ2v) is 6.59. The summed E-state index contributed by atoms with van der Waals surface area (Å²) >= 11 is 11.7. The molecule has 0 aliphatic carbocycles. The topological polar surface area (TPSA) is 89.6 Å². The lowest BCUT2D eigenvalue weighted by Gasteiger charge is -2.11. The molecule has 2 rings (SSSR count). The number of rotatable bonds is 10. The van der Waals surface area contributed by atoms with Crippen molar-refractivity contribution in [3.63, 3.8) is 0 Å². The Bertz CT molecular complexity index is 928. The van der Waals surface area contributed by atoms with Crippen LogP contribution in [0.15, 0.2) is 48.8 Å². The molecule has 0 unspecified atom stereocenters. The van der Waals surface area contributed by atoms with Gasteiger partial charge < -0.3 is 20.1 Å². The molecule has 0 bridgehead atoms. The summed E-state index contributed by atoms with van der Waals surface area (Å²) < 4.78 is 34.0. The van der Waals surface area contributed by atoms with Gasteiger partial charge in [-0.1, -0.05) is 29.8 Å². The summed E-state index contributed by atoms with van der Waals surface area (Å²) in [7, 11) is 0. The van der Waals surface area contributed by atoms with Crippen molar-refractivity contribution >= 4 is 35.0 Å². The van der Waals surface area contributed by atoms with E-state index in [1.165, 1.54) is 18.3 Å². The summed E-state index contributed by atoms with van der Waals surface area (Å²) in [6, 6.07) is 6.90. The van der Waals surface area contributed by atoms with Crippen LogP contribution in [0.1, 0.15) is 16.9 Å². The molecule has 1 aromatic heterocycles. The SMILES string of the molecule is C=C(CCNC(=O)COc1ccc(Cl)c(Cl)c1)NC(=O)c1cc(OC(F)F)ccn1. The number of pyridine rings is 1. The Balaban J connectivity index is 1.71. The molecule has 0 radical (unpaired) electrons. The van der Waals surface area contributed by atoms with E-state index in [4.69, 9.17) is 27.9 Å². The van der Waals surface area contributed by atoms with E-state index in [2.05, 4.69) is 26.9 Å². The van der Waals surface area contributed by atoms with E-state index in [0.29, 0.717) is 21.5 Å². The van der Waals surface area contributed by atoms with E-state index in [1.54, 1.807) is 12.1 Å². The number of nitrogens with one attached hydrogen (secondary N) is 2. The predicted molar refractivity (Wildman–Crippen MR) is 107 cm³/mol. The number of carbonyl (C=O) groups excluding carboxylic acids is 2. The summed E-state index contributed by atoms with van der Waals surface area (Å²) in [5, 5.41) is 5.75. The molecule has 0 fully saturated rings. The molecule has 2 amide bonds. The zero-order valence-corrected chi connectivity index (χ0v) is 17.0. The number of ether oxygens (including phenoxy) is 2. The fourth-order valence-corrected chi connectivity index (χ4v) is 2.41. The van der Waals surface area contributed by atoms with E-state index in [0.717, 1.165) is 6.07 Å². The summed E-state index contributed by atoms with van der Waals surface area (Å²) in [5.74, 6) is -0.834. The highest BCUT2D eigenvalue weighted by molar-refractivity contribution is 6.42. The highest BCUT2D eigenvalue weighted by Gasteiger charge is 2.12. The molecule has 7 nitrogen and oxygen atoms in total. The third kappa shape index (κ3) is 7.84. The number of nitrogens with zero attached hydrogens (tertiary/aromatic N) is 1. The standard InChI is InChI=1S/C19H17Cl2F2N3O4/c1-11(26-18(28)16-9-13(5-7-24-16)30-19(22)23)4-6-25-17(27)10-29-12-2-3-14(20)15(21)8-12/h2-3,5,7-9,19H,1,4,6,10H2,(H,25,27)(H,26,28). The van der Waals surface area contributed by atoms with Crippen LogP contribution < -0.4 is 20.1 Å². The maximum Gasteiger partial charge on any atom is 0.387 e. The molecule has 0 saturated heterocycles. The molecule has 0 atom stereocenters. The van der Waals surface area contributed by atoms with Crippen LogP contribution in [-0.2, 0) is 4.79 Å². The van der Waals surface area contributed by atoms with Gasteiger partial charge in [0.25, 0.3) is 11.8 Å². The van der Waals surface area contributed by atoms with Crippen molar-refractivity contribution < 1.29 is 27.8 Å². The first kappa shape index (κ1) is 23.4. The lowest BCUT2D eigenvalue weighted by atomic mass is 10.3. The first-order chi connectivity index (χ1) is 14.2. The summed E-state index contributed by atoms with van der Waals surface area (Å²) in [5.41, 5.74) is 0.182. The minimum atomic E-state index is -3.01. The maximum absolute atomic E-state index is 12.2. The number of halogens is 4. The van der Waals surface area contributed by atoms with Crippen LogP contribution in [0.5, 0.6) is 11.5 Å². The second-order valence-electron chi connectivity index (χ2n) is 5.78.